The average Bonchev–Trinajstić information content (AvgIpc) is 2.46. The highest BCUT2D eigenvalue weighted by Crippen LogP contribution is 2.34. The van der Waals surface area contributed by atoms with Crippen molar-refractivity contribution in [1.29, 1.82) is 0 Å². The Morgan fingerprint density at radius 1 is 1.31 bits per heavy atom. The van der Waals surface area contributed by atoms with E-state index in [0.29, 0.717) is 5.39 Å². The molecule has 0 N–H and O–H groups in total. The maximum atomic E-state index is 12.5. The summed E-state index contributed by atoms with van der Waals surface area (Å²) in [5.41, 5.74) is 0.126. The predicted molar refractivity (Wildman–Crippen MR) is 54.5 cm³/mol. The van der Waals surface area contributed by atoms with Gasteiger partial charge in [-0.1, -0.05) is 15.9 Å². The fourth-order valence-corrected chi connectivity index (χ4v) is 2.49. The van der Waals surface area contributed by atoms with Crippen molar-refractivity contribution in [2.75, 3.05) is 0 Å². The van der Waals surface area contributed by atoms with E-state index in [1.54, 1.807) is 6.07 Å². The summed E-state index contributed by atoms with van der Waals surface area (Å²) in [6.45, 7) is 0. The van der Waals surface area contributed by atoms with E-state index in [9.17, 15) is 8.78 Å². The Morgan fingerprint density at radius 3 is 2.77 bits per heavy atom. The molecule has 4 heteroatoms. The first-order valence-corrected chi connectivity index (χ1v) is 5.30. The molecule has 1 aromatic carbocycles. The molecule has 2 aromatic rings. The fourth-order valence-electron chi connectivity index (χ4n) is 1.19. The second kappa shape index (κ2) is 3.35. The third-order valence-electron chi connectivity index (χ3n) is 1.80. The van der Waals surface area contributed by atoms with Crippen LogP contribution in [0, 0.1) is 0 Å². The summed E-state index contributed by atoms with van der Waals surface area (Å²) in [5.74, 6) is 0. The minimum absolute atomic E-state index is 0.126. The van der Waals surface area contributed by atoms with Gasteiger partial charge in [0.2, 0.25) is 0 Å². The lowest BCUT2D eigenvalue weighted by atomic mass is 10.2. The van der Waals surface area contributed by atoms with Gasteiger partial charge in [0, 0.05) is 25.5 Å². The van der Waals surface area contributed by atoms with Gasteiger partial charge >= 0.3 is 0 Å². The molecule has 1 aromatic heterocycles. The molecule has 0 aliphatic carbocycles. The van der Waals surface area contributed by atoms with E-state index in [0.717, 1.165) is 9.17 Å². The van der Waals surface area contributed by atoms with Crippen LogP contribution in [0.3, 0.4) is 0 Å². The molecule has 0 aliphatic heterocycles. The molecule has 0 bridgehead atoms. The highest BCUT2D eigenvalue weighted by molar-refractivity contribution is 9.10. The molecule has 0 saturated carbocycles. The number of benzene rings is 1. The lowest BCUT2D eigenvalue weighted by Crippen LogP contribution is -1.79. The van der Waals surface area contributed by atoms with E-state index < -0.39 is 6.43 Å². The second-order valence-electron chi connectivity index (χ2n) is 2.63. The minimum Gasteiger partial charge on any atom is -0.205 e. The molecule has 0 spiro atoms. The van der Waals surface area contributed by atoms with Gasteiger partial charge in [-0.25, -0.2) is 8.78 Å². The van der Waals surface area contributed by atoms with Gasteiger partial charge in [-0.2, -0.15) is 0 Å². The number of thiophene rings is 1. The molecule has 1 heterocycles. The number of hydrogen-bond donors (Lipinski definition) is 0. The topological polar surface area (TPSA) is 0 Å². The van der Waals surface area contributed by atoms with Crippen molar-refractivity contribution in [3.05, 3.63) is 33.6 Å². The van der Waals surface area contributed by atoms with Crippen molar-refractivity contribution in [2.45, 2.75) is 6.43 Å². The molecule has 0 nitrogen and oxygen atoms in total. The Morgan fingerprint density at radius 2 is 2.08 bits per heavy atom. The maximum absolute atomic E-state index is 12.5. The Bertz CT molecular complexity index is 436. The summed E-state index contributed by atoms with van der Waals surface area (Å²) in [6, 6.07) is 5.43. The smallest absolute Gasteiger partial charge is 0.205 e. The zero-order valence-electron chi connectivity index (χ0n) is 6.43. The van der Waals surface area contributed by atoms with Crippen LogP contribution in [0.2, 0.25) is 0 Å². The summed E-state index contributed by atoms with van der Waals surface area (Å²) in [7, 11) is 0. The van der Waals surface area contributed by atoms with Gasteiger partial charge in [0.1, 0.15) is 0 Å². The molecule has 13 heavy (non-hydrogen) atoms. The van der Waals surface area contributed by atoms with Crippen LogP contribution >= 0.6 is 27.3 Å². The van der Waals surface area contributed by atoms with E-state index in [2.05, 4.69) is 15.9 Å². The zero-order valence-corrected chi connectivity index (χ0v) is 8.83. The van der Waals surface area contributed by atoms with Gasteiger partial charge < -0.3 is 0 Å². The molecule has 68 valence electrons. The fraction of sp³-hybridized carbons (Fsp3) is 0.111. The molecular weight excluding hydrogens is 258 g/mol. The number of rotatable bonds is 1. The summed E-state index contributed by atoms with van der Waals surface area (Å²) < 4.78 is 26.6. The summed E-state index contributed by atoms with van der Waals surface area (Å²) in [6.07, 6.45) is -2.39. The van der Waals surface area contributed by atoms with E-state index in [1.165, 1.54) is 16.7 Å². The third kappa shape index (κ3) is 1.60. The van der Waals surface area contributed by atoms with Crippen LogP contribution in [-0.4, -0.2) is 0 Å². The van der Waals surface area contributed by atoms with Crippen LogP contribution < -0.4 is 0 Å². The van der Waals surface area contributed by atoms with Crippen molar-refractivity contribution < 1.29 is 8.78 Å². The first-order valence-electron chi connectivity index (χ1n) is 3.63. The molecule has 0 atom stereocenters. The van der Waals surface area contributed by atoms with Gasteiger partial charge in [0.05, 0.1) is 0 Å². The standard InChI is InChI=1S/C9H5BrF2S/c10-5-1-2-8-6(3-5)7(4-13-8)9(11)12/h1-4,9H. The Balaban J connectivity index is 2.71. The van der Waals surface area contributed by atoms with Crippen LogP contribution in [0.25, 0.3) is 10.1 Å². The summed E-state index contributed by atoms with van der Waals surface area (Å²) in [5, 5.41) is 2.16. The largest absolute Gasteiger partial charge is 0.265 e. The van der Waals surface area contributed by atoms with Crippen LogP contribution in [-0.2, 0) is 0 Å². The molecule has 2 rings (SSSR count). The van der Waals surface area contributed by atoms with E-state index in [4.69, 9.17) is 0 Å². The molecule has 0 aliphatic rings. The maximum Gasteiger partial charge on any atom is 0.265 e. The molecule has 0 radical (unpaired) electrons. The van der Waals surface area contributed by atoms with Crippen LogP contribution in [0.1, 0.15) is 12.0 Å². The number of hydrogen-bond acceptors (Lipinski definition) is 1. The quantitative estimate of drug-likeness (QED) is 0.705. The summed E-state index contributed by atoms with van der Waals surface area (Å²) in [4.78, 5) is 0. The van der Waals surface area contributed by atoms with E-state index >= 15 is 0 Å². The molecule has 0 unspecified atom stereocenters. The molecule has 0 saturated heterocycles. The van der Waals surface area contributed by atoms with Gasteiger partial charge in [0.15, 0.2) is 0 Å². The summed E-state index contributed by atoms with van der Waals surface area (Å²) >= 11 is 4.61. The number of halogens is 3. The van der Waals surface area contributed by atoms with Crippen molar-refractivity contribution in [2.24, 2.45) is 0 Å². The Labute approximate surface area is 86.3 Å². The highest BCUT2D eigenvalue weighted by atomic mass is 79.9. The highest BCUT2D eigenvalue weighted by Gasteiger charge is 2.12. The lowest BCUT2D eigenvalue weighted by Gasteiger charge is -1.96. The van der Waals surface area contributed by atoms with Gasteiger partial charge in [0.25, 0.3) is 6.43 Å². The minimum atomic E-state index is -2.39. The second-order valence-corrected chi connectivity index (χ2v) is 4.46. The molecular formula is C9H5BrF2S. The first-order chi connectivity index (χ1) is 6.18. The zero-order chi connectivity index (χ0) is 9.42. The van der Waals surface area contributed by atoms with Crippen molar-refractivity contribution in [3.8, 4) is 0 Å². The predicted octanol–water partition coefficient (Wildman–Crippen LogP) is 4.60. The monoisotopic (exact) mass is 262 g/mol. The van der Waals surface area contributed by atoms with Crippen LogP contribution in [0.4, 0.5) is 8.78 Å². The average molecular weight is 263 g/mol. The van der Waals surface area contributed by atoms with E-state index in [-0.39, 0.29) is 5.56 Å². The normalized spacial score (nSPS) is 11.4. The first kappa shape index (κ1) is 9.09. The number of fused-ring (bicyclic) bond motifs is 1. The SMILES string of the molecule is FC(F)c1csc2ccc(Br)cc12. The lowest BCUT2D eigenvalue weighted by molar-refractivity contribution is 0.153. The number of alkyl halides is 2. The van der Waals surface area contributed by atoms with Crippen LogP contribution in [0.5, 0.6) is 0 Å². The van der Waals surface area contributed by atoms with Crippen molar-refractivity contribution in [1.82, 2.24) is 0 Å². The van der Waals surface area contributed by atoms with Crippen molar-refractivity contribution >= 4 is 37.4 Å². The Hall–Kier alpha value is -0.480. The Kier molecular flexibility index (Phi) is 2.34. The van der Waals surface area contributed by atoms with Gasteiger partial charge in [-0.15, -0.1) is 11.3 Å². The van der Waals surface area contributed by atoms with Crippen molar-refractivity contribution in [3.63, 3.8) is 0 Å². The molecule has 0 fully saturated rings. The van der Waals surface area contributed by atoms with Gasteiger partial charge in [-0.3, -0.25) is 0 Å². The third-order valence-corrected chi connectivity index (χ3v) is 3.28. The van der Waals surface area contributed by atoms with Crippen LogP contribution in [0.15, 0.2) is 28.1 Å². The van der Waals surface area contributed by atoms with Gasteiger partial charge in [-0.05, 0) is 18.2 Å². The van der Waals surface area contributed by atoms with E-state index in [1.807, 2.05) is 12.1 Å². The molecule has 0 amide bonds.